The highest BCUT2D eigenvalue weighted by Gasteiger charge is 2.17. The van der Waals surface area contributed by atoms with E-state index in [-0.39, 0.29) is 0 Å². The molecule has 2 aromatic carbocycles. The zero-order chi connectivity index (χ0) is 15.7. The van der Waals surface area contributed by atoms with Crippen LogP contribution in [0, 0.1) is 25.2 Å². The molecule has 2 nitrogen and oxygen atoms in total. The molecule has 0 N–H and O–H groups in total. The first-order valence-electron chi connectivity index (χ1n) is 7.34. The molecule has 0 fully saturated rings. The number of hydrogen-bond acceptors (Lipinski definition) is 1. The summed E-state index contributed by atoms with van der Waals surface area (Å²) in [5.41, 5.74) is 5.19. The van der Waals surface area contributed by atoms with Gasteiger partial charge in [0.1, 0.15) is 11.2 Å². The van der Waals surface area contributed by atoms with Gasteiger partial charge in [0.25, 0.3) is 0 Å². The fourth-order valence-corrected chi connectivity index (χ4v) is 3.35. The Balaban J connectivity index is 2.09. The van der Waals surface area contributed by atoms with Crippen molar-refractivity contribution in [1.29, 1.82) is 5.26 Å². The molecule has 3 aromatic rings. The lowest BCUT2D eigenvalue weighted by atomic mass is 10.1. The minimum atomic E-state index is 0.544. The first kappa shape index (κ1) is 14.7. The van der Waals surface area contributed by atoms with E-state index >= 15 is 0 Å². The summed E-state index contributed by atoms with van der Waals surface area (Å²) in [6.07, 6.45) is 0.891. The summed E-state index contributed by atoms with van der Waals surface area (Å²) in [7, 11) is 0. The molecule has 0 amide bonds. The molecule has 1 aromatic heterocycles. The van der Waals surface area contributed by atoms with Crippen LogP contribution in [-0.4, -0.2) is 4.57 Å². The van der Waals surface area contributed by atoms with Crippen molar-refractivity contribution in [2.24, 2.45) is 0 Å². The van der Waals surface area contributed by atoms with Crippen molar-refractivity contribution >= 4 is 22.5 Å². The molecule has 0 aliphatic heterocycles. The lowest BCUT2D eigenvalue weighted by Crippen LogP contribution is -2.01. The highest BCUT2D eigenvalue weighted by atomic mass is 35.5. The van der Waals surface area contributed by atoms with Gasteiger partial charge < -0.3 is 4.57 Å². The molecule has 0 aliphatic rings. The van der Waals surface area contributed by atoms with Crippen LogP contribution in [0.2, 0.25) is 5.15 Å². The predicted molar refractivity (Wildman–Crippen MR) is 91.3 cm³/mol. The monoisotopic (exact) mass is 308 g/mol. The van der Waals surface area contributed by atoms with Gasteiger partial charge in [-0.2, -0.15) is 5.26 Å². The molecule has 3 rings (SSSR count). The molecular formula is C19H17ClN2. The normalized spacial score (nSPS) is 10.8. The van der Waals surface area contributed by atoms with E-state index in [4.69, 9.17) is 11.6 Å². The third-order valence-corrected chi connectivity index (χ3v) is 4.41. The van der Waals surface area contributed by atoms with Crippen molar-refractivity contribution in [3.8, 4) is 6.07 Å². The number of halogens is 1. The van der Waals surface area contributed by atoms with E-state index in [0.29, 0.717) is 10.7 Å². The van der Waals surface area contributed by atoms with E-state index in [0.717, 1.165) is 29.4 Å². The predicted octanol–water partition coefficient (Wildman–Crippen LogP) is 5.03. The molecule has 0 bridgehead atoms. The topological polar surface area (TPSA) is 28.7 Å². The van der Waals surface area contributed by atoms with E-state index in [1.165, 1.54) is 11.1 Å². The van der Waals surface area contributed by atoms with Crippen LogP contribution in [0.25, 0.3) is 10.9 Å². The van der Waals surface area contributed by atoms with Gasteiger partial charge in [-0.3, -0.25) is 0 Å². The number of rotatable bonds is 3. The third kappa shape index (κ3) is 2.49. The fourth-order valence-electron chi connectivity index (χ4n) is 3.03. The summed E-state index contributed by atoms with van der Waals surface area (Å²) in [6.45, 7) is 4.87. The Morgan fingerprint density at radius 2 is 1.86 bits per heavy atom. The SMILES string of the molecule is Cc1cc(C)c2c(C#N)c(Cl)n(CCc3ccccc3)c2c1. The van der Waals surface area contributed by atoms with Crippen LogP contribution in [-0.2, 0) is 13.0 Å². The van der Waals surface area contributed by atoms with Gasteiger partial charge >= 0.3 is 0 Å². The van der Waals surface area contributed by atoms with Crippen LogP contribution in [0.5, 0.6) is 0 Å². The summed E-state index contributed by atoms with van der Waals surface area (Å²) in [5.74, 6) is 0. The second-order valence-corrected chi connectivity index (χ2v) is 6.00. The molecular weight excluding hydrogens is 292 g/mol. The number of fused-ring (bicyclic) bond motifs is 1. The molecule has 0 unspecified atom stereocenters. The minimum absolute atomic E-state index is 0.544. The first-order chi connectivity index (χ1) is 10.6. The van der Waals surface area contributed by atoms with E-state index in [1.807, 2.05) is 25.1 Å². The summed E-state index contributed by atoms with van der Waals surface area (Å²) >= 11 is 6.48. The first-order valence-corrected chi connectivity index (χ1v) is 7.72. The van der Waals surface area contributed by atoms with Crippen LogP contribution < -0.4 is 0 Å². The van der Waals surface area contributed by atoms with Gasteiger partial charge in [-0.1, -0.05) is 48.0 Å². The summed E-state index contributed by atoms with van der Waals surface area (Å²) in [5, 5.41) is 11.0. The highest BCUT2D eigenvalue weighted by molar-refractivity contribution is 6.32. The summed E-state index contributed by atoms with van der Waals surface area (Å²) < 4.78 is 2.06. The van der Waals surface area contributed by atoms with Gasteiger partial charge in [-0.15, -0.1) is 0 Å². The van der Waals surface area contributed by atoms with Crippen LogP contribution >= 0.6 is 11.6 Å². The van der Waals surface area contributed by atoms with Crippen LogP contribution in [0.3, 0.4) is 0 Å². The van der Waals surface area contributed by atoms with Crippen molar-refractivity contribution < 1.29 is 0 Å². The van der Waals surface area contributed by atoms with Crippen LogP contribution in [0.4, 0.5) is 0 Å². The number of aromatic nitrogens is 1. The molecule has 0 saturated carbocycles. The molecule has 0 spiro atoms. The molecule has 0 aliphatic carbocycles. The van der Waals surface area contributed by atoms with Gasteiger partial charge in [-0.25, -0.2) is 0 Å². The highest BCUT2D eigenvalue weighted by Crippen LogP contribution is 2.33. The number of nitrogens with zero attached hydrogens (tertiary/aromatic N) is 2. The molecule has 0 atom stereocenters. The lowest BCUT2D eigenvalue weighted by Gasteiger charge is -2.08. The number of benzene rings is 2. The van der Waals surface area contributed by atoms with Gasteiger partial charge in [0, 0.05) is 11.9 Å². The third-order valence-electron chi connectivity index (χ3n) is 4.02. The number of aryl methyl sites for hydroxylation is 4. The maximum atomic E-state index is 9.46. The molecule has 22 heavy (non-hydrogen) atoms. The van der Waals surface area contributed by atoms with Crippen molar-refractivity contribution in [1.82, 2.24) is 4.57 Å². The standard InChI is InChI=1S/C19H17ClN2/c1-13-10-14(2)18-16(12-21)19(20)22(17(18)11-13)9-8-15-6-4-3-5-7-15/h3-7,10-11H,8-9H2,1-2H3. The smallest absolute Gasteiger partial charge is 0.128 e. The average molecular weight is 309 g/mol. The van der Waals surface area contributed by atoms with E-state index in [2.05, 4.69) is 41.8 Å². The van der Waals surface area contributed by atoms with Crippen LogP contribution in [0.1, 0.15) is 22.3 Å². The molecule has 110 valence electrons. The Bertz CT molecular complexity index is 870. The maximum Gasteiger partial charge on any atom is 0.128 e. The Labute approximate surface area is 135 Å². The number of hydrogen-bond donors (Lipinski definition) is 0. The molecule has 1 heterocycles. The lowest BCUT2D eigenvalue weighted by molar-refractivity contribution is 0.723. The zero-order valence-electron chi connectivity index (χ0n) is 12.7. The average Bonchev–Trinajstić information content (AvgIpc) is 2.78. The van der Waals surface area contributed by atoms with Crippen molar-refractivity contribution in [3.05, 3.63) is 69.9 Å². The zero-order valence-corrected chi connectivity index (χ0v) is 13.5. The molecule has 0 radical (unpaired) electrons. The largest absolute Gasteiger partial charge is 0.330 e. The van der Waals surface area contributed by atoms with Crippen molar-refractivity contribution in [2.45, 2.75) is 26.8 Å². The number of nitriles is 1. The Morgan fingerprint density at radius 1 is 1.14 bits per heavy atom. The van der Waals surface area contributed by atoms with Gasteiger partial charge in [0.2, 0.25) is 0 Å². The van der Waals surface area contributed by atoms with Crippen molar-refractivity contribution in [3.63, 3.8) is 0 Å². The summed E-state index contributed by atoms with van der Waals surface area (Å²) in [4.78, 5) is 0. The molecule has 0 saturated heterocycles. The van der Waals surface area contributed by atoms with Crippen LogP contribution in [0.15, 0.2) is 42.5 Å². The van der Waals surface area contributed by atoms with Gasteiger partial charge in [-0.05, 0) is 43.0 Å². The van der Waals surface area contributed by atoms with Gasteiger partial charge in [0.05, 0.1) is 11.1 Å². The van der Waals surface area contributed by atoms with E-state index in [1.54, 1.807) is 0 Å². The molecule has 3 heteroatoms. The van der Waals surface area contributed by atoms with Gasteiger partial charge in [0.15, 0.2) is 0 Å². The Morgan fingerprint density at radius 3 is 2.55 bits per heavy atom. The Hall–Kier alpha value is -2.24. The minimum Gasteiger partial charge on any atom is -0.330 e. The fraction of sp³-hybridized carbons (Fsp3) is 0.211. The maximum absolute atomic E-state index is 9.46. The quantitative estimate of drug-likeness (QED) is 0.667. The Kier molecular flexibility index (Phi) is 3.92. The van der Waals surface area contributed by atoms with E-state index < -0.39 is 0 Å². The second kappa shape index (κ2) is 5.87. The second-order valence-electron chi connectivity index (χ2n) is 5.64. The van der Waals surface area contributed by atoms with Crippen molar-refractivity contribution in [2.75, 3.05) is 0 Å². The summed E-state index contributed by atoms with van der Waals surface area (Å²) in [6, 6.07) is 16.8. The van der Waals surface area contributed by atoms with E-state index in [9.17, 15) is 5.26 Å².